The summed E-state index contributed by atoms with van der Waals surface area (Å²) in [6.07, 6.45) is 6.75. The number of fused-ring (bicyclic) bond motifs is 2. The van der Waals surface area contributed by atoms with Crippen molar-refractivity contribution < 1.29 is 9.18 Å². The maximum Gasteiger partial charge on any atom is 0.242 e. The number of benzene rings is 1. The van der Waals surface area contributed by atoms with Crippen LogP contribution in [0, 0.1) is 19.7 Å². The van der Waals surface area contributed by atoms with Crippen molar-refractivity contribution in [1.29, 1.82) is 0 Å². The number of hydrogen-bond acceptors (Lipinski definition) is 6. The van der Waals surface area contributed by atoms with Gasteiger partial charge in [0.15, 0.2) is 0 Å². The third-order valence-corrected chi connectivity index (χ3v) is 6.73. The molecule has 5 rings (SSSR count). The molecule has 0 radical (unpaired) electrons. The van der Waals surface area contributed by atoms with E-state index in [0.717, 1.165) is 43.7 Å². The van der Waals surface area contributed by atoms with Crippen molar-refractivity contribution in [3.05, 3.63) is 52.5 Å². The number of nitrogens with one attached hydrogen (secondary N) is 1. The Morgan fingerprint density at radius 2 is 1.94 bits per heavy atom. The van der Waals surface area contributed by atoms with Gasteiger partial charge in [0.05, 0.1) is 11.2 Å². The Bertz CT molecular complexity index is 1210. The van der Waals surface area contributed by atoms with E-state index in [1.807, 2.05) is 11.8 Å². The molecule has 33 heavy (non-hydrogen) atoms. The first-order chi connectivity index (χ1) is 16.0. The van der Waals surface area contributed by atoms with Crippen LogP contribution >= 0.6 is 0 Å². The number of hydrogen-bond donors (Lipinski definition) is 1. The van der Waals surface area contributed by atoms with E-state index in [0.29, 0.717) is 35.5 Å². The monoisotopic (exact) mass is 448 g/mol. The Morgan fingerprint density at radius 3 is 2.82 bits per heavy atom. The maximum absolute atomic E-state index is 13.6. The Labute approximate surface area is 192 Å². The number of carbonyl (C=O) groups is 1. The normalized spacial score (nSPS) is 17.9. The predicted molar refractivity (Wildman–Crippen MR) is 125 cm³/mol. The number of halogens is 1. The van der Waals surface area contributed by atoms with Gasteiger partial charge < -0.3 is 10.2 Å². The van der Waals surface area contributed by atoms with Gasteiger partial charge in [-0.2, -0.15) is 0 Å². The number of carbonyl (C=O) groups excluding carboxylic acids is 1. The minimum Gasteiger partial charge on any atom is -0.354 e. The van der Waals surface area contributed by atoms with Crippen LogP contribution in [0.15, 0.2) is 18.2 Å². The molecule has 1 aromatic carbocycles. The lowest BCUT2D eigenvalue weighted by atomic mass is 9.95. The van der Waals surface area contributed by atoms with Crippen molar-refractivity contribution in [2.75, 3.05) is 18.0 Å². The standard InChI is InChI=1S/C25H29FN6O/c1-15-18-6-3-4-7-20(18)30-23(28-15)11-12-27-24(33)22-8-5-13-32(22)25-29-16(2)19-14-17(26)9-10-21(19)31-25/h9-10,14,22H,3-8,11-13H2,1-2H3,(H,27,33). The van der Waals surface area contributed by atoms with Crippen LogP contribution in [0.5, 0.6) is 0 Å². The Morgan fingerprint density at radius 1 is 1.09 bits per heavy atom. The molecule has 1 aliphatic heterocycles. The predicted octanol–water partition coefficient (Wildman–Crippen LogP) is 3.38. The first-order valence-corrected chi connectivity index (χ1v) is 11.8. The summed E-state index contributed by atoms with van der Waals surface area (Å²) in [6, 6.07) is 4.20. The zero-order valence-corrected chi connectivity index (χ0v) is 19.2. The third kappa shape index (κ3) is 4.38. The Balaban J connectivity index is 1.26. The number of aryl methyl sites for hydroxylation is 3. The second-order valence-electron chi connectivity index (χ2n) is 9.02. The van der Waals surface area contributed by atoms with Crippen LogP contribution in [0.3, 0.4) is 0 Å². The van der Waals surface area contributed by atoms with Crippen molar-refractivity contribution in [3.8, 4) is 0 Å². The van der Waals surface area contributed by atoms with Gasteiger partial charge in [-0.1, -0.05) is 0 Å². The summed E-state index contributed by atoms with van der Waals surface area (Å²) in [6.45, 7) is 5.12. The van der Waals surface area contributed by atoms with Crippen molar-refractivity contribution >= 4 is 22.8 Å². The number of rotatable bonds is 5. The molecule has 1 atom stereocenters. The van der Waals surface area contributed by atoms with Gasteiger partial charge in [0, 0.05) is 36.3 Å². The number of anilines is 1. The average Bonchev–Trinajstić information content (AvgIpc) is 3.30. The molecule has 0 saturated carbocycles. The molecule has 7 nitrogen and oxygen atoms in total. The molecule has 2 aromatic heterocycles. The lowest BCUT2D eigenvalue weighted by molar-refractivity contribution is -0.122. The largest absolute Gasteiger partial charge is 0.354 e. The van der Waals surface area contributed by atoms with E-state index in [1.165, 1.54) is 36.2 Å². The molecule has 1 fully saturated rings. The summed E-state index contributed by atoms with van der Waals surface area (Å²) in [7, 11) is 0. The van der Waals surface area contributed by atoms with Crippen molar-refractivity contribution in [1.82, 2.24) is 25.3 Å². The number of amides is 1. The minimum atomic E-state index is -0.312. The average molecular weight is 449 g/mol. The van der Waals surface area contributed by atoms with E-state index in [1.54, 1.807) is 6.07 Å². The summed E-state index contributed by atoms with van der Waals surface area (Å²) in [5.74, 6) is 0.997. The molecule has 0 bridgehead atoms. The lowest BCUT2D eigenvalue weighted by Crippen LogP contribution is -2.44. The Hall–Kier alpha value is -3.16. The fourth-order valence-electron chi connectivity index (χ4n) is 5.02. The van der Waals surface area contributed by atoms with Gasteiger partial charge in [-0.15, -0.1) is 0 Å². The van der Waals surface area contributed by atoms with E-state index in [-0.39, 0.29) is 17.8 Å². The van der Waals surface area contributed by atoms with Gasteiger partial charge in [-0.25, -0.2) is 24.3 Å². The van der Waals surface area contributed by atoms with Gasteiger partial charge in [-0.3, -0.25) is 4.79 Å². The van der Waals surface area contributed by atoms with Gasteiger partial charge in [0.2, 0.25) is 11.9 Å². The molecule has 172 valence electrons. The second kappa shape index (κ2) is 9.00. The molecule has 1 N–H and O–H groups in total. The number of aromatic nitrogens is 4. The summed E-state index contributed by atoms with van der Waals surface area (Å²) in [5.41, 5.74) is 4.96. The van der Waals surface area contributed by atoms with Crippen LogP contribution in [0.4, 0.5) is 10.3 Å². The molecule has 3 heterocycles. The highest BCUT2D eigenvalue weighted by Gasteiger charge is 2.32. The molecule has 1 saturated heterocycles. The lowest BCUT2D eigenvalue weighted by Gasteiger charge is -2.24. The van der Waals surface area contributed by atoms with Crippen LogP contribution in [0.2, 0.25) is 0 Å². The second-order valence-corrected chi connectivity index (χ2v) is 9.02. The van der Waals surface area contributed by atoms with E-state index in [9.17, 15) is 9.18 Å². The van der Waals surface area contributed by atoms with Crippen LogP contribution < -0.4 is 10.2 Å². The minimum absolute atomic E-state index is 0.0253. The summed E-state index contributed by atoms with van der Waals surface area (Å²) >= 11 is 0. The zero-order chi connectivity index (χ0) is 22.9. The van der Waals surface area contributed by atoms with Gasteiger partial charge in [-0.05, 0) is 76.1 Å². The molecule has 2 aliphatic rings. The summed E-state index contributed by atoms with van der Waals surface area (Å²) in [5, 5.41) is 3.76. The SMILES string of the molecule is Cc1nc(CCNC(=O)C2CCCN2c2nc(C)c3cc(F)ccc3n2)nc2c1CCCC2. The smallest absolute Gasteiger partial charge is 0.242 e. The zero-order valence-electron chi connectivity index (χ0n) is 19.2. The Kier molecular flexibility index (Phi) is 5.91. The first kappa shape index (κ1) is 21.7. The molecule has 0 spiro atoms. The summed E-state index contributed by atoms with van der Waals surface area (Å²) < 4.78 is 13.6. The van der Waals surface area contributed by atoms with Crippen LogP contribution in [-0.2, 0) is 24.1 Å². The molecule has 1 aliphatic carbocycles. The van der Waals surface area contributed by atoms with Crippen molar-refractivity contribution in [3.63, 3.8) is 0 Å². The molecular weight excluding hydrogens is 419 g/mol. The molecular formula is C25H29FN6O. The van der Waals surface area contributed by atoms with E-state index in [4.69, 9.17) is 4.98 Å². The van der Waals surface area contributed by atoms with Gasteiger partial charge in [0.1, 0.15) is 17.7 Å². The summed E-state index contributed by atoms with van der Waals surface area (Å²) in [4.78, 5) is 33.6. The van der Waals surface area contributed by atoms with E-state index < -0.39 is 0 Å². The molecule has 1 unspecified atom stereocenters. The third-order valence-electron chi connectivity index (χ3n) is 6.73. The van der Waals surface area contributed by atoms with Crippen molar-refractivity contribution in [2.24, 2.45) is 0 Å². The maximum atomic E-state index is 13.6. The fourth-order valence-corrected chi connectivity index (χ4v) is 5.02. The molecule has 1 amide bonds. The number of nitrogens with zero attached hydrogens (tertiary/aromatic N) is 5. The molecule has 3 aromatic rings. The van der Waals surface area contributed by atoms with Crippen LogP contribution in [-0.4, -0.2) is 45.0 Å². The topological polar surface area (TPSA) is 83.9 Å². The van der Waals surface area contributed by atoms with Crippen LogP contribution in [0.25, 0.3) is 10.9 Å². The highest BCUT2D eigenvalue weighted by Crippen LogP contribution is 2.26. The highest BCUT2D eigenvalue weighted by molar-refractivity contribution is 5.86. The van der Waals surface area contributed by atoms with E-state index >= 15 is 0 Å². The quantitative estimate of drug-likeness (QED) is 0.644. The highest BCUT2D eigenvalue weighted by atomic mass is 19.1. The molecule has 8 heteroatoms. The van der Waals surface area contributed by atoms with Gasteiger partial charge >= 0.3 is 0 Å². The van der Waals surface area contributed by atoms with Crippen LogP contribution in [0.1, 0.15) is 54.2 Å². The fraction of sp³-hybridized carbons (Fsp3) is 0.480. The first-order valence-electron chi connectivity index (χ1n) is 11.8. The van der Waals surface area contributed by atoms with Gasteiger partial charge in [0.25, 0.3) is 0 Å². The van der Waals surface area contributed by atoms with E-state index in [2.05, 4.69) is 27.2 Å². The van der Waals surface area contributed by atoms with Crippen molar-refractivity contribution in [2.45, 2.75) is 64.8 Å².